The lowest BCUT2D eigenvalue weighted by Crippen LogP contribution is -2.42. The fraction of sp³-hybridized carbons (Fsp3) is 0.923. The van der Waals surface area contributed by atoms with Gasteiger partial charge in [-0.25, -0.2) is 4.79 Å². The van der Waals surface area contributed by atoms with Crippen molar-refractivity contribution >= 4 is 6.03 Å². The molecule has 1 aliphatic carbocycles. The number of carbonyl (C=O) groups excluding carboxylic acids is 1. The Kier molecular flexibility index (Phi) is 7.01. The summed E-state index contributed by atoms with van der Waals surface area (Å²) in [5.74, 6) is 0.803. The molecule has 4 nitrogen and oxygen atoms in total. The highest BCUT2D eigenvalue weighted by atomic mass is 16.3. The van der Waals surface area contributed by atoms with Gasteiger partial charge in [0, 0.05) is 19.6 Å². The van der Waals surface area contributed by atoms with Crippen molar-refractivity contribution in [1.29, 1.82) is 0 Å². The molecule has 1 saturated carbocycles. The normalized spacial score (nSPS) is 16.8. The van der Waals surface area contributed by atoms with Gasteiger partial charge in [0.1, 0.15) is 0 Å². The Morgan fingerprint density at radius 3 is 2.65 bits per heavy atom. The fourth-order valence-corrected chi connectivity index (χ4v) is 2.49. The van der Waals surface area contributed by atoms with Gasteiger partial charge in [0.25, 0.3) is 0 Å². The minimum atomic E-state index is -0.0441. The van der Waals surface area contributed by atoms with E-state index in [-0.39, 0.29) is 12.6 Å². The lowest BCUT2D eigenvalue weighted by atomic mass is 9.87. The van der Waals surface area contributed by atoms with Crippen LogP contribution in [0, 0.1) is 5.92 Å². The number of urea groups is 1. The number of carbonyl (C=O) groups is 1. The van der Waals surface area contributed by atoms with Crippen LogP contribution in [0.25, 0.3) is 0 Å². The molecular formula is C13H26N2O2. The van der Waals surface area contributed by atoms with E-state index in [1.54, 1.807) is 4.90 Å². The average molecular weight is 242 g/mol. The monoisotopic (exact) mass is 242 g/mol. The largest absolute Gasteiger partial charge is 0.395 e. The van der Waals surface area contributed by atoms with Gasteiger partial charge in [0.15, 0.2) is 0 Å². The van der Waals surface area contributed by atoms with Crippen LogP contribution in [-0.2, 0) is 0 Å². The minimum Gasteiger partial charge on any atom is -0.395 e. The molecule has 0 unspecified atom stereocenters. The van der Waals surface area contributed by atoms with Gasteiger partial charge in [-0.05, 0) is 19.3 Å². The molecule has 17 heavy (non-hydrogen) atoms. The predicted molar refractivity (Wildman–Crippen MR) is 68.9 cm³/mol. The first-order valence-corrected chi connectivity index (χ1v) is 6.91. The molecule has 0 heterocycles. The molecule has 0 aromatic rings. The first-order valence-electron chi connectivity index (χ1n) is 6.91. The van der Waals surface area contributed by atoms with E-state index in [1.807, 2.05) is 6.92 Å². The Bertz CT molecular complexity index is 215. The van der Waals surface area contributed by atoms with E-state index in [4.69, 9.17) is 5.11 Å². The lowest BCUT2D eigenvalue weighted by Gasteiger charge is -2.23. The van der Waals surface area contributed by atoms with Crippen molar-refractivity contribution < 1.29 is 9.90 Å². The molecule has 0 saturated heterocycles. The topological polar surface area (TPSA) is 52.6 Å². The molecule has 0 aliphatic heterocycles. The average Bonchev–Trinajstić information content (AvgIpc) is 2.37. The van der Waals surface area contributed by atoms with E-state index in [2.05, 4.69) is 5.32 Å². The number of hydrogen-bond donors (Lipinski definition) is 2. The van der Waals surface area contributed by atoms with Gasteiger partial charge >= 0.3 is 6.03 Å². The molecule has 1 aliphatic rings. The maximum atomic E-state index is 11.7. The number of nitrogens with zero attached hydrogens (tertiary/aromatic N) is 1. The smallest absolute Gasteiger partial charge is 0.317 e. The molecule has 0 radical (unpaired) electrons. The Labute approximate surface area is 104 Å². The van der Waals surface area contributed by atoms with Crippen molar-refractivity contribution in [2.45, 2.75) is 45.4 Å². The van der Waals surface area contributed by atoms with Crippen LogP contribution in [0.15, 0.2) is 0 Å². The third kappa shape index (κ3) is 5.39. The van der Waals surface area contributed by atoms with Crippen molar-refractivity contribution in [3.8, 4) is 0 Å². The summed E-state index contributed by atoms with van der Waals surface area (Å²) in [5.41, 5.74) is 0. The molecule has 2 N–H and O–H groups in total. The summed E-state index contributed by atoms with van der Waals surface area (Å²) in [4.78, 5) is 13.3. The minimum absolute atomic E-state index is 0.0316. The summed E-state index contributed by atoms with van der Waals surface area (Å²) in [7, 11) is 0. The number of nitrogens with one attached hydrogen (secondary N) is 1. The van der Waals surface area contributed by atoms with Gasteiger partial charge in [-0.1, -0.05) is 32.1 Å². The van der Waals surface area contributed by atoms with E-state index in [0.717, 1.165) is 18.9 Å². The number of rotatable bonds is 6. The van der Waals surface area contributed by atoms with E-state index in [1.165, 1.54) is 32.1 Å². The SMILES string of the molecule is CCN(CCO)C(=O)NCCC1CCCCC1. The summed E-state index contributed by atoms with van der Waals surface area (Å²) in [6.07, 6.45) is 7.83. The molecule has 4 heteroatoms. The third-order valence-corrected chi connectivity index (χ3v) is 3.59. The standard InChI is InChI=1S/C13H26N2O2/c1-2-15(10-11-16)13(17)14-9-8-12-6-4-3-5-7-12/h12,16H,2-11H2,1H3,(H,14,17). The van der Waals surface area contributed by atoms with E-state index in [0.29, 0.717) is 13.1 Å². The van der Waals surface area contributed by atoms with Crippen LogP contribution in [0.4, 0.5) is 4.79 Å². The van der Waals surface area contributed by atoms with Crippen LogP contribution in [0.2, 0.25) is 0 Å². The molecule has 1 fully saturated rings. The first-order chi connectivity index (χ1) is 8.27. The molecule has 1 rings (SSSR count). The zero-order chi connectivity index (χ0) is 12.5. The Morgan fingerprint density at radius 1 is 1.35 bits per heavy atom. The second-order valence-electron chi connectivity index (χ2n) is 4.83. The lowest BCUT2D eigenvalue weighted by molar-refractivity contribution is 0.179. The summed E-state index contributed by atoms with van der Waals surface area (Å²) in [6.45, 7) is 3.80. The molecule has 100 valence electrons. The summed E-state index contributed by atoms with van der Waals surface area (Å²) < 4.78 is 0. The number of aliphatic hydroxyl groups excluding tert-OH is 1. The maximum absolute atomic E-state index is 11.7. The fourth-order valence-electron chi connectivity index (χ4n) is 2.49. The third-order valence-electron chi connectivity index (χ3n) is 3.59. The molecule has 2 amide bonds. The summed E-state index contributed by atoms with van der Waals surface area (Å²) >= 11 is 0. The van der Waals surface area contributed by atoms with Crippen LogP contribution in [-0.4, -0.2) is 42.3 Å². The van der Waals surface area contributed by atoms with Crippen molar-refractivity contribution in [2.24, 2.45) is 5.92 Å². The molecule has 0 spiro atoms. The summed E-state index contributed by atoms with van der Waals surface area (Å²) in [5, 5.41) is 11.8. The summed E-state index contributed by atoms with van der Waals surface area (Å²) in [6, 6.07) is -0.0441. The zero-order valence-corrected chi connectivity index (χ0v) is 11.0. The Balaban J connectivity index is 2.13. The Morgan fingerprint density at radius 2 is 2.06 bits per heavy atom. The highest BCUT2D eigenvalue weighted by molar-refractivity contribution is 5.74. The van der Waals surface area contributed by atoms with E-state index >= 15 is 0 Å². The predicted octanol–water partition coefficient (Wildman–Crippen LogP) is 1.98. The van der Waals surface area contributed by atoms with Crippen molar-refractivity contribution in [1.82, 2.24) is 10.2 Å². The van der Waals surface area contributed by atoms with Gasteiger partial charge in [-0.15, -0.1) is 0 Å². The van der Waals surface area contributed by atoms with Gasteiger partial charge in [-0.2, -0.15) is 0 Å². The van der Waals surface area contributed by atoms with Crippen LogP contribution in [0.1, 0.15) is 45.4 Å². The Hall–Kier alpha value is -0.770. The van der Waals surface area contributed by atoms with Gasteiger partial charge in [0.05, 0.1) is 6.61 Å². The van der Waals surface area contributed by atoms with Crippen molar-refractivity contribution in [3.63, 3.8) is 0 Å². The molecular weight excluding hydrogens is 216 g/mol. The quantitative estimate of drug-likeness (QED) is 0.748. The highest BCUT2D eigenvalue weighted by Gasteiger charge is 2.14. The first kappa shape index (κ1) is 14.3. The van der Waals surface area contributed by atoms with Crippen LogP contribution in [0.5, 0.6) is 0 Å². The number of amides is 2. The van der Waals surface area contributed by atoms with E-state index < -0.39 is 0 Å². The van der Waals surface area contributed by atoms with Crippen molar-refractivity contribution in [3.05, 3.63) is 0 Å². The van der Waals surface area contributed by atoms with Crippen LogP contribution >= 0.6 is 0 Å². The maximum Gasteiger partial charge on any atom is 0.317 e. The van der Waals surface area contributed by atoms with Crippen LogP contribution < -0.4 is 5.32 Å². The zero-order valence-electron chi connectivity index (χ0n) is 11.0. The van der Waals surface area contributed by atoms with Crippen LogP contribution in [0.3, 0.4) is 0 Å². The molecule has 0 aromatic heterocycles. The van der Waals surface area contributed by atoms with Gasteiger partial charge < -0.3 is 15.3 Å². The van der Waals surface area contributed by atoms with E-state index in [9.17, 15) is 4.79 Å². The highest BCUT2D eigenvalue weighted by Crippen LogP contribution is 2.25. The van der Waals surface area contributed by atoms with Gasteiger partial charge in [-0.3, -0.25) is 0 Å². The van der Waals surface area contributed by atoms with Crippen molar-refractivity contribution in [2.75, 3.05) is 26.2 Å². The number of hydrogen-bond acceptors (Lipinski definition) is 2. The number of aliphatic hydroxyl groups is 1. The second-order valence-corrected chi connectivity index (χ2v) is 4.83. The molecule has 0 atom stereocenters. The van der Waals surface area contributed by atoms with Gasteiger partial charge in [0.2, 0.25) is 0 Å². The molecule has 0 aromatic carbocycles. The second kappa shape index (κ2) is 8.34. The number of likely N-dealkylation sites (N-methyl/N-ethyl adjacent to an activating group) is 1. The molecule has 0 bridgehead atoms.